The van der Waals surface area contributed by atoms with Gasteiger partial charge in [-0.15, -0.1) is 0 Å². The maximum Gasteiger partial charge on any atom is 0.162 e. The lowest BCUT2D eigenvalue weighted by atomic mass is 9.67. The zero-order valence-corrected chi connectivity index (χ0v) is 11.5. The maximum absolute atomic E-state index is 12.1. The summed E-state index contributed by atoms with van der Waals surface area (Å²) in [6, 6.07) is 6.28. The van der Waals surface area contributed by atoms with Gasteiger partial charge in [0.25, 0.3) is 0 Å². The SMILES string of the molecule is COc1ccc2c(c1)C1CC(=O)C(OC)CC1CC2. The van der Waals surface area contributed by atoms with Gasteiger partial charge in [0.1, 0.15) is 11.9 Å². The fourth-order valence-corrected chi connectivity index (χ4v) is 3.61. The van der Waals surface area contributed by atoms with Gasteiger partial charge in [-0.2, -0.15) is 0 Å². The lowest BCUT2D eigenvalue weighted by molar-refractivity contribution is -0.133. The highest BCUT2D eigenvalue weighted by Crippen LogP contribution is 2.45. The van der Waals surface area contributed by atoms with Crippen LogP contribution in [-0.4, -0.2) is 26.1 Å². The fourth-order valence-electron chi connectivity index (χ4n) is 3.61. The standard InChI is InChI=1S/C16H20O3/c1-18-12-6-5-10-3-4-11-7-16(19-2)15(17)9-14(11)13(10)8-12/h5-6,8,11,14,16H,3-4,7,9H2,1-2H3. The molecule has 0 radical (unpaired) electrons. The Hall–Kier alpha value is -1.35. The quantitative estimate of drug-likeness (QED) is 0.820. The molecule has 1 fully saturated rings. The average molecular weight is 260 g/mol. The third-order valence-corrected chi connectivity index (χ3v) is 4.69. The summed E-state index contributed by atoms with van der Waals surface area (Å²) in [5.41, 5.74) is 2.70. The van der Waals surface area contributed by atoms with E-state index in [9.17, 15) is 4.79 Å². The zero-order chi connectivity index (χ0) is 13.4. The Morgan fingerprint density at radius 1 is 1.26 bits per heavy atom. The minimum absolute atomic E-state index is 0.187. The van der Waals surface area contributed by atoms with Gasteiger partial charge in [-0.3, -0.25) is 4.79 Å². The predicted molar refractivity (Wildman–Crippen MR) is 72.6 cm³/mol. The number of hydrogen-bond acceptors (Lipinski definition) is 3. The number of carbonyl (C=O) groups excluding carboxylic acids is 1. The molecular weight excluding hydrogens is 240 g/mol. The number of ketones is 1. The molecule has 1 aromatic rings. The van der Waals surface area contributed by atoms with Crippen molar-refractivity contribution in [3.8, 4) is 5.75 Å². The van der Waals surface area contributed by atoms with Crippen LogP contribution in [0.2, 0.25) is 0 Å². The first-order chi connectivity index (χ1) is 9.22. The molecule has 0 aromatic heterocycles. The highest BCUT2D eigenvalue weighted by atomic mass is 16.5. The predicted octanol–water partition coefficient (Wildman–Crippen LogP) is 2.72. The van der Waals surface area contributed by atoms with Crippen LogP contribution in [-0.2, 0) is 16.0 Å². The maximum atomic E-state index is 12.1. The third kappa shape index (κ3) is 2.16. The molecule has 3 unspecified atom stereocenters. The Bertz CT molecular complexity index is 495. The first-order valence-electron chi connectivity index (χ1n) is 6.95. The molecule has 3 nitrogen and oxygen atoms in total. The van der Waals surface area contributed by atoms with E-state index < -0.39 is 0 Å². The summed E-state index contributed by atoms with van der Waals surface area (Å²) >= 11 is 0. The van der Waals surface area contributed by atoms with Crippen molar-refractivity contribution in [2.75, 3.05) is 14.2 Å². The summed E-state index contributed by atoms with van der Waals surface area (Å²) in [6.45, 7) is 0. The van der Waals surface area contributed by atoms with E-state index in [1.165, 1.54) is 11.1 Å². The molecule has 0 heterocycles. The molecule has 3 heteroatoms. The first-order valence-corrected chi connectivity index (χ1v) is 6.95. The van der Waals surface area contributed by atoms with E-state index in [2.05, 4.69) is 12.1 Å². The van der Waals surface area contributed by atoms with Gasteiger partial charge in [0.2, 0.25) is 0 Å². The van der Waals surface area contributed by atoms with Crippen molar-refractivity contribution in [3.05, 3.63) is 29.3 Å². The highest BCUT2D eigenvalue weighted by molar-refractivity contribution is 5.85. The Kier molecular flexibility index (Phi) is 3.31. The van der Waals surface area contributed by atoms with Crippen molar-refractivity contribution in [3.63, 3.8) is 0 Å². The van der Waals surface area contributed by atoms with Gasteiger partial charge >= 0.3 is 0 Å². The summed E-state index contributed by atoms with van der Waals surface area (Å²) in [5, 5.41) is 0. The molecule has 0 aliphatic heterocycles. The number of Topliss-reactive ketones (excluding diaryl/α,β-unsaturated/α-hetero) is 1. The molecule has 2 aliphatic carbocycles. The summed E-state index contributed by atoms with van der Waals surface area (Å²) in [7, 11) is 3.33. The summed E-state index contributed by atoms with van der Waals surface area (Å²) < 4.78 is 10.6. The van der Waals surface area contributed by atoms with Crippen LogP contribution in [0, 0.1) is 5.92 Å². The third-order valence-electron chi connectivity index (χ3n) is 4.69. The van der Waals surface area contributed by atoms with E-state index in [0.29, 0.717) is 18.3 Å². The largest absolute Gasteiger partial charge is 0.497 e. The lowest BCUT2D eigenvalue weighted by Crippen LogP contribution is -2.38. The molecule has 0 N–H and O–H groups in total. The van der Waals surface area contributed by atoms with E-state index in [-0.39, 0.29) is 11.9 Å². The molecule has 1 saturated carbocycles. The number of aryl methyl sites for hydroxylation is 1. The van der Waals surface area contributed by atoms with Gasteiger partial charge in [-0.05, 0) is 54.4 Å². The summed E-state index contributed by atoms with van der Waals surface area (Å²) in [5.74, 6) is 2.07. The van der Waals surface area contributed by atoms with Crippen molar-refractivity contribution in [2.45, 2.75) is 37.7 Å². The molecule has 3 rings (SSSR count). The van der Waals surface area contributed by atoms with E-state index in [0.717, 1.165) is 25.0 Å². The molecular formula is C16H20O3. The highest BCUT2D eigenvalue weighted by Gasteiger charge is 2.39. The molecule has 0 amide bonds. The Morgan fingerprint density at radius 2 is 2.11 bits per heavy atom. The zero-order valence-electron chi connectivity index (χ0n) is 11.5. The minimum Gasteiger partial charge on any atom is -0.497 e. The normalized spacial score (nSPS) is 29.6. The number of benzene rings is 1. The van der Waals surface area contributed by atoms with Gasteiger partial charge in [-0.25, -0.2) is 0 Å². The summed E-state index contributed by atoms with van der Waals surface area (Å²) in [6.07, 6.45) is 3.57. The molecule has 19 heavy (non-hydrogen) atoms. The topological polar surface area (TPSA) is 35.5 Å². The van der Waals surface area contributed by atoms with Gasteiger partial charge in [0.15, 0.2) is 5.78 Å². The van der Waals surface area contributed by atoms with Crippen molar-refractivity contribution in [1.29, 1.82) is 0 Å². The lowest BCUT2D eigenvalue weighted by Gasteiger charge is -2.39. The van der Waals surface area contributed by atoms with E-state index in [1.807, 2.05) is 6.07 Å². The van der Waals surface area contributed by atoms with E-state index >= 15 is 0 Å². The van der Waals surface area contributed by atoms with Gasteiger partial charge < -0.3 is 9.47 Å². The Labute approximate surface area is 113 Å². The number of methoxy groups -OCH3 is 2. The molecule has 0 saturated heterocycles. The van der Waals surface area contributed by atoms with Crippen molar-refractivity contribution in [2.24, 2.45) is 5.92 Å². The van der Waals surface area contributed by atoms with Crippen molar-refractivity contribution >= 4 is 5.78 Å². The van der Waals surface area contributed by atoms with E-state index in [4.69, 9.17) is 9.47 Å². The number of carbonyl (C=O) groups is 1. The van der Waals surface area contributed by atoms with Gasteiger partial charge in [-0.1, -0.05) is 6.07 Å². The number of hydrogen-bond donors (Lipinski definition) is 0. The Morgan fingerprint density at radius 3 is 2.84 bits per heavy atom. The van der Waals surface area contributed by atoms with Crippen molar-refractivity contribution < 1.29 is 14.3 Å². The van der Waals surface area contributed by atoms with Crippen LogP contribution in [0.5, 0.6) is 5.75 Å². The second-order valence-electron chi connectivity index (χ2n) is 5.60. The minimum atomic E-state index is -0.187. The monoisotopic (exact) mass is 260 g/mol. The molecule has 0 bridgehead atoms. The van der Waals surface area contributed by atoms with E-state index in [1.54, 1.807) is 14.2 Å². The number of ether oxygens (including phenoxy) is 2. The molecule has 1 aromatic carbocycles. The van der Waals surface area contributed by atoms with Crippen LogP contribution in [0.3, 0.4) is 0 Å². The van der Waals surface area contributed by atoms with Crippen LogP contribution in [0.25, 0.3) is 0 Å². The molecule has 2 aliphatic rings. The smallest absolute Gasteiger partial charge is 0.162 e. The molecule has 102 valence electrons. The van der Waals surface area contributed by atoms with Crippen LogP contribution < -0.4 is 4.74 Å². The van der Waals surface area contributed by atoms with Gasteiger partial charge in [0, 0.05) is 13.5 Å². The number of rotatable bonds is 2. The van der Waals surface area contributed by atoms with Crippen molar-refractivity contribution in [1.82, 2.24) is 0 Å². The van der Waals surface area contributed by atoms with Crippen LogP contribution in [0.4, 0.5) is 0 Å². The Balaban J connectivity index is 1.93. The second-order valence-corrected chi connectivity index (χ2v) is 5.60. The van der Waals surface area contributed by atoms with Gasteiger partial charge in [0.05, 0.1) is 7.11 Å². The fraction of sp³-hybridized carbons (Fsp3) is 0.562. The average Bonchev–Trinajstić information content (AvgIpc) is 2.46. The molecule has 3 atom stereocenters. The first kappa shape index (κ1) is 12.7. The van der Waals surface area contributed by atoms with Crippen LogP contribution in [0.1, 0.15) is 36.3 Å². The summed E-state index contributed by atoms with van der Waals surface area (Å²) in [4.78, 5) is 12.1. The van der Waals surface area contributed by atoms with Crippen LogP contribution in [0.15, 0.2) is 18.2 Å². The van der Waals surface area contributed by atoms with Crippen LogP contribution >= 0.6 is 0 Å². The second kappa shape index (κ2) is 4.97. The number of fused-ring (bicyclic) bond motifs is 3. The molecule has 0 spiro atoms.